The summed E-state index contributed by atoms with van der Waals surface area (Å²) in [6.07, 6.45) is 2.14. The van der Waals surface area contributed by atoms with Gasteiger partial charge < -0.3 is 4.52 Å². The van der Waals surface area contributed by atoms with Gasteiger partial charge in [0.1, 0.15) is 5.82 Å². The minimum Gasteiger partial charge on any atom is -0.340 e. The minimum atomic E-state index is -0.263. The number of aromatic nitrogens is 2. The summed E-state index contributed by atoms with van der Waals surface area (Å²) in [6, 6.07) is 6.90. The van der Waals surface area contributed by atoms with E-state index >= 15 is 0 Å². The minimum absolute atomic E-state index is 0.263. The first-order valence-corrected chi connectivity index (χ1v) is 8.45. The van der Waals surface area contributed by atoms with Crippen LogP contribution in [0.2, 0.25) is 0 Å². The first-order chi connectivity index (χ1) is 12.0. The second-order valence-electron chi connectivity index (χ2n) is 6.59. The summed E-state index contributed by atoms with van der Waals surface area (Å²) in [5, 5.41) is 13.0. The average Bonchev–Trinajstić information content (AvgIpc) is 3.02. The van der Waals surface area contributed by atoms with Crippen molar-refractivity contribution in [3.8, 4) is 6.07 Å². The fourth-order valence-corrected chi connectivity index (χ4v) is 3.30. The van der Waals surface area contributed by atoms with Gasteiger partial charge in [-0.1, -0.05) is 5.16 Å². The molecule has 0 spiro atoms. The maximum absolute atomic E-state index is 14.0. The van der Waals surface area contributed by atoms with Gasteiger partial charge in [-0.05, 0) is 44.6 Å². The molecule has 0 unspecified atom stereocenters. The van der Waals surface area contributed by atoms with Gasteiger partial charge in [0.2, 0.25) is 5.89 Å². The van der Waals surface area contributed by atoms with Gasteiger partial charge in [-0.2, -0.15) is 10.2 Å². The van der Waals surface area contributed by atoms with Gasteiger partial charge in [-0.15, -0.1) is 0 Å². The number of halogens is 1. The fraction of sp³-hybridized carbons (Fsp3) is 0.500. The summed E-state index contributed by atoms with van der Waals surface area (Å²) in [6.45, 7) is 4.81. The summed E-state index contributed by atoms with van der Waals surface area (Å²) >= 11 is 0. The Labute approximate surface area is 146 Å². The predicted molar refractivity (Wildman–Crippen MR) is 89.9 cm³/mol. The summed E-state index contributed by atoms with van der Waals surface area (Å²) in [7, 11) is 2.01. The van der Waals surface area contributed by atoms with E-state index in [4.69, 9.17) is 9.78 Å². The molecule has 1 aliphatic heterocycles. The smallest absolute Gasteiger partial charge is 0.223 e. The zero-order valence-electron chi connectivity index (χ0n) is 14.6. The second kappa shape index (κ2) is 7.72. The van der Waals surface area contributed by atoms with Crippen LogP contribution in [-0.4, -0.2) is 46.1 Å². The third-order valence-corrected chi connectivity index (χ3v) is 4.63. The lowest BCUT2D eigenvalue weighted by molar-refractivity contribution is 0.104. The molecule has 0 bridgehead atoms. The Kier molecular flexibility index (Phi) is 5.41. The normalized spacial score (nSPS) is 18.4. The van der Waals surface area contributed by atoms with Crippen LogP contribution in [0.15, 0.2) is 22.7 Å². The number of hydrogen-bond donors (Lipinski definition) is 0. The van der Waals surface area contributed by atoms with Gasteiger partial charge in [0.25, 0.3) is 0 Å². The number of hydrogen-bond acceptors (Lipinski definition) is 6. The zero-order chi connectivity index (χ0) is 17.8. The summed E-state index contributed by atoms with van der Waals surface area (Å²) in [5.74, 6) is 1.02. The molecular weight excluding hydrogens is 321 g/mol. The molecule has 2 aromatic rings. The van der Waals surface area contributed by atoms with Crippen molar-refractivity contribution in [3.05, 3.63) is 46.9 Å². The largest absolute Gasteiger partial charge is 0.340 e. The van der Waals surface area contributed by atoms with Gasteiger partial charge in [0.15, 0.2) is 5.82 Å². The zero-order valence-corrected chi connectivity index (χ0v) is 14.6. The van der Waals surface area contributed by atoms with E-state index in [1.54, 1.807) is 13.0 Å². The van der Waals surface area contributed by atoms with Crippen LogP contribution in [0.5, 0.6) is 0 Å². The monoisotopic (exact) mass is 343 g/mol. The predicted octanol–water partition coefficient (Wildman–Crippen LogP) is 2.49. The number of aryl methyl sites for hydroxylation is 1. The molecule has 1 aliphatic rings. The van der Waals surface area contributed by atoms with Crippen molar-refractivity contribution in [2.24, 2.45) is 0 Å². The molecule has 1 fully saturated rings. The third kappa shape index (κ3) is 4.41. The maximum Gasteiger partial charge on any atom is 0.223 e. The van der Waals surface area contributed by atoms with Crippen LogP contribution in [0, 0.1) is 24.1 Å². The molecule has 3 rings (SSSR count). The SMILES string of the molecule is Cc1nc(CN2CCC[C@H](N(C)Cc3cc(C#N)ccc3F)C2)no1. The Bertz CT molecular complexity index is 769. The average molecular weight is 343 g/mol. The van der Waals surface area contributed by atoms with E-state index in [2.05, 4.69) is 26.0 Å². The number of piperidine rings is 1. The maximum atomic E-state index is 14.0. The molecule has 0 saturated carbocycles. The molecule has 1 atom stereocenters. The molecule has 1 aromatic heterocycles. The highest BCUT2D eigenvalue weighted by Gasteiger charge is 2.24. The highest BCUT2D eigenvalue weighted by molar-refractivity contribution is 5.33. The molecule has 2 heterocycles. The van der Waals surface area contributed by atoms with E-state index in [1.165, 1.54) is 12.1 Å². The molecule has 6 nitrogen and oxygen atoms in total. The molecule has 7 heteroatoms. The van der Waals surface area contributed by atoms with Crippen LogP contribution in [-0.2, 0) is 13.1 Å². The van der Waals surface area contributed by atoms with Crippen molar-refractivity contribution >= 4 is 0 Å². The molecule has 1 saturated heterocycles. The first-order valence-electron chi connectivity index (χ1n) is 8.45. The van der Waals surface area contributed by atoms with Crippen molar-refractivity contribution in [1.82, 2.24) is 19.9 Å². The fourth-order valence-electron chi connectivity index (χ4n) is 3.30. The van der Waals surface area contributed by atoms with Crippen LogP contribution in [0.4, 0.5) is 4.39 Å². The Morgan fingerprint density at radius 1 is 1.48 bits per heavy atom. The summed E-state index contributed by atoms with van der Waals surface area (Å²) in [5.41, 5.74) is 1.05. The molecule has 132 valence electrons. The molecular formula is C18H22FN5O. The van der Waals surface area contributed by atoms with E-state index in [0.29, 0.717) is 42.0 Å². The number of rotatable bonds is 5. The van der Waals surface area contributed by atoms with Crippen molar-refractivity contribution in [2.75, 3.05) is 20.1 Å². The lowest BCUT2D eigenvalue weighted by atomic mass is 10.0. The van der Waals surface area contributed by atoms with E-state index in [1.807, 2.05) is 7.05 Å². The third-order valence-electron chi connectivity index (χ3n) is 4.63. The Balaban J connectivity index is 1.62. The standard InChI is InChI=1S/C18H22FN5O/c1-13-21-18(22-25-13)12-24-7-3-4-16(11-24)23(2)10-15-8-14(9-20)5-6-17(15)19/h5-6,8,16H,3-4,7,10-12H2,1-2H3/t16-/m0/s1. The van der Waals surface area contributed by atoms with Gasteiger partial charge in [-0.3, -0.25) is 9.80 Å². The molecule has 1 aromatic carbocycles. The first kappa shape index (κ1) is 17.5. The quantitative estimate of drug-likeness (QED) is 0.831. The Morgan fingerprint density at radius 3 is 3.04 bits per heavy atom. The van der Waals surface area contributed by atoms with Crippen LogP contribution in [0.3, 0.4) is 0 Å². The molecule has 25 heavy (non-hydrogen) atoms. The molecule has 0 aliphatic carbocycles. The van der Waals surface area contributed by atoms with Crippen molar-refractivity contribution in [2.45, 2.75) is 38.9 Å². The van der Waals surface area contributed by atoms with Gasteiger partial charge in [-0.25, -0.2) is 4.39 Å². The molecule has 0 radical (unpaired) electrons. The van der Waals surface area contributed by atoms with Crippen molar-refractivity contribution in [3.63, 3.8) is 0 Å². The van der Waals surface area contributed by atoms with Crippen molar-refractivity contribution < 1.29 is 8.91 Å². The highest BCUT2D eigenvalue weighted by atomic mass is 19.1. The number of likely N-dealkylation sites (N-methyl/N-ethyl adjacent to an activating group) is 1. The van der Waals surface area contributed by atoms with Gasteiger partial charge in [0.05, 0.1) is 18.2 Å². The lowest BCUT2D eigenvalue weighted by Gasteiger charge is -2.37. The number of likely N-dealkylation sites (tertiary alicyclic amines) is 1. The van der Waals surface area contributed by atoms with Crippen LogP contribution < -0.4 is 0 Å². The second-order valence-corrected chi connectivity index (χ2v) is 6.59. The highest BCUT2D eigenvalue weighted by Crippen LogP contribution is 2.20. The van der Waals surface area contributed by atoms with E-state index in [9.17, 15) is 4.39 Å². The topological polar surface area (TPSA) is 69.2 Å². The van der Waals surface area contributed by atoms with E-state index in [0.717, 1.165) is 25.9 Å². The number of nitriles is 1. The van der Waals surface area contributed by atoms with E-state index in [-0.39, 0.29) is 5.82 Å². The summed E-state index contributed by atoms with van der Waals surface area (Å²) in [4.78, 5) is 8.72. The number of benzene rings is 1. The van der Waals surface area contributed by atoms with E-state index < -0.39 is 0 Å². The van der Waals surface area contributed by atoms with Crippen LogP contribution >= 0.6 is 0 Å². The molecule has 0 amide bonds. The summed E-state index contributed by atoms with van der Waals surface area (Å²) < 4.78 is 19.1. The van der Waals surface area contributed by atoms with Gasteiger partial charge >= 0.3 is 0 Å². The van der Waals surface area contributed by atoms with Crippen molar-refractivity contribution in [1.29, 1.82) is 5.26 Å². The number of nitrogens with zero attached hydrogens (tertiary/aromatic N) is 5. The molecule has 0 N–H and O–H groups in total. The lowest BCUT2D eigenvalue weighted by Crippen LogP contribution is -2.46. The van der Waals surface area contributed by atoms with Gasteiger partial charge in [0, 0.05) is 31.6 Å². The Morgan fingerprint density at radius 2 is 2.32 bits per heavy atom. The van der Waals surface area contributed by atoms with Crippen LogP contribution in [0.25, 0.3) is 0 Å². The Hall–Kier alpha value is -2.30. The van der Waals surface area contributed by atoms with Crippen LogP contribution in [0.1, 0.15) is 35.7 Å².